The summed E-state index contributed by atoms with van der Waals surface area (Å²) in [5.41, 5.74) is 1.29. The molecule has 0 unspecified atom stereocenters. The van der Waals surface area contributed by atoms with Crippen molar-refractivity contribution in [1.29, 1.82) is 0 Å². The van der Waals surface area contributed by atoms with E-state index in [1.165, 1.54) is 12.1 Å². The number of hydrogen-bond donors (Lipinski definition) is 1. The average molecular weight is 236 g/mol. The maximum atomic E-state index is 13.0. The summed E-state index contributed by atoms with van der Waals surface area (Å²) in [6, 6.07) is 4.59. The monoisotopic (exact) mass is 236 g/mol. The quantitative estimate of drug-likeness (QED) is 0.864. The number of aryl methyl sites for hydroxylation is 1. The van der Waals surface area contributed by atoms with Gasteiger partial charge in [0.1, 0.15) is 5.82 Å². The number of carbonyl (C=O) groups excluding carboxylic acids is 1. The maximum Gasteiger partial charge on any atom is 0.254 e. The number of rotatable bonds is 3. The summed E-state index contributed by atoms with van der Waals surface area (Å²) in [4.78, 5) is 14.2. The van der Waals surface area contributed by atoms with Gasteiger partial charge in [0.05, 0.1) is 6.04 Å². The van der Waals surface area contributed by atoms with Crippen molar-refractivity contribution in [1.82, 2.24) is 10.2 Å². The molecule has 92 valence electrons. The second kappa shape index (κ2) is 4.84. The number of hydrogen-bond acceptors (Lipinski definition) is 2. The molecule has 0 aromatic heterocycles. The Morgan fingerprint density at radius 2 is 2.24 bits per heavy atom. The summed E-state index contributed by atoms with van der Waals surface area (Å²) in [5, 5.41) is 3.15. The van der Waals surface area contributed by atoms with Crippen LogP contribution in [0.4, 0.5) is 4.39 Å². The first-order valence-corrected chi connectivity index (χ1v) is 5.91. The Balaban J connectivity index is 2.22. The summed E-state index contributed by atoms with van der Waals surface area (Å²) >= 11 is 0. The van der Waals surface area contributed by atoms with E-state index in [-0.39, 0.29) is 17.8 Å². The fourth-order valence-electron chi connectivity index (χ4n) is 2.08. The van der Waals surface area contributed by atoms with Gasteiger partial charge in [0.2, 0.25) is 0 Å². The lowest BCUT2D eigenvalue weighted by Gasteiger charge is -2.37. The molecular weight excluding hydrogens is 219 g/mol. The number of nitrogens with zero attached hydrogens (tertiary/aromatic N) is 1. The molecule has 4 heteroatoms. The van der Waals surface area contributed by atoms with Gasteiger partial charge in [0.25, 0.3) is 5.91 Å². The predicted octanol–water partition coefficient (Wildman–Crippen LogP) is 1.57. The Bertz CT molecular complexity index is 429. The molecule has 1 N–H and O–H groups in total. The second-order valence-electron chi connectivity index (χ2n) is 4.36. The van der Waals surface area contributed by atoms with Gasteiger partial charge >= 0.3 is 0 Å². The van der Waals surface area contributed by atoms with Gasteiger partial charge in [-0.15, -0.1) is 0 Å². The third-order valence-electron chi connectivity index (χ3n) is 3.22. The number of likely N-dealkylation sites (N-methyl/N-ethyl adjacent to an activating group) is 1. The predicted molar refractivity (Wildman–Crippen MR) is 64.5 cm³/mol. The highest BCUT2D eigenvalue weighted by Crippen LogP contribution is 2.15. The number of halogens is 1. The fraction of sp³-hybridized carbons (Fsp3) is 0.462. The number of benzene rings is 1. The molecule has 0 radical (unpaired) electrons. The second-order valence-corrected chi connectivity index (χ2v) is 4.36. The summed E-state index contributed by atoms with van der Waals surface area (Å²) < 4.78 is 13.0. The lowest BCUT2D eigenvalue weighted by Crippen LogP contribution is -2.58. The van der Waals surface area contributed by atoms with Crippen LogP contribution >= 0.6 is 0 Å². The Kier molecular flexibility index (Phi) is 3.43. The first kappa shape index (κ1) is 12.0. The summed E-state index contributed by atoms with van der Waals surface area (Å²) in [5.74, 6) is -0.302. The van der Waals surface area contributed by atoms with Crippen molar-refractivity contribution in [2.75, 3.05) is 19.6 Å². The zero-order valence-electron chi connectivity index (χ0n) is 10.2. The molecule has 1 aromatic carbocycles. The smallest absolute Gasteiger partial charge is 0.254 e. The molecule has 1 fully saturated rings. The molecule has 0 atom stereocenters. The van der Waals surface area contributed by atoms with E-state index in [9.17, 15) is 9.18 Å². The topological polar surface area (TPSA) is 32.3 Å². The minimum Gasteiger partial charge on any atom is -0.333 e. The first-order valence-electron chi connectivity index (χ1n) is 5.91. The van der Waals surface area contributed by atoms with E-state index in [0.717, 1.165) is 13.1 Å². The van der Waals surface area contributed by atoms with Crippen molar-refractivity contribution in [3.8, 4) is 0 Å². The van der Waals surface area contributed by atoms with Crippen molar-refractivity contribution in [2.45, 2.75) is 19.9 Å². The van der Waals surface area contributed by atoms with Crippen LogP contribution < -0.4 is 5.32 Å². The molecule has 1 heterocycles. The summed E-state index contributed by atoms with van der Waals surface area (Å²) in [6.45, 7) is 6.11. The van der Waals surface area contributed by atoms with Crippen molar-refractivity contribution in [3.63, 3.8) is 0 Å². The SMILES string of the molecule is CCN(C(=O)c1ccc(F)cc1C)C1CNC1. The fourth-order valence-corrected chi connectivity index (χ4v) is 2.08. The highest BCUT2D eigenvalue weighted by atomic mass is 19.1. The van der Waals surface area contributed by atoms with Gasteiger partial charge in [-0.25, -0.2) is 4.39 Å². The van der Waals surface area contributed by atoms with E-state index in [2.05, 4.69) is 5.32 Å². The van der Waals surface area contributed by atoms with E-state index in [1.807, 2.05) is 11.8 Å². The lowest BCUT2D eigenvalue weighted by molar-refractivity contribution is 0.0629. The Labute approximate surface area is 101 Å². The van der Waals surface area contributed by atoms with Crippen LogP contribution in [0.5, 0.6) is 0 Å². The van der Waals surface area contributed by atoms with Crippen LogP contribution in [0, 0.1) is 12.7 Å². The van der Waals surface area contributed by atoms with Crippen LogP contribution in [0.2, 0.25) is 0 Å². The number of amides is 1. The Morgan fingerprint density at radius 3 is 2.71 bits per heavy atom. The maximum absolute atomic E-state index is 13.0. The van der Waals surface area contributed by atoms with E-state index in [0.29, 0.717) is 17.7 Å². The number of nitrogens with one attached hydrogen (secondary N) is 1. The van der Waals surface area contributed by atoms with Crippen LogP contribution in [0.1, 0.15) is 22.8 Å². The van der Waals surface area contributed by atoms with Crippen LogP contribution in [0.25, 0.3) is 0 Å². The molecule has 0 bridgehead atoms. The van der Waals surface area contributed by atoms with Crippen LogP contribution in [0.3, 0.4) is 0 Å². The van der Waals surface area contributed by atoms with E-state index in [4.69, 9.17) is 0 Å². The summed E-state index contributed by atoms with van der Waals surface area (Å²) in [7, 11) is 0. The molecule has 17 heavy (non-hydrogen) atoms. The first-order chi connectivity index (χ1) is 8.13. The lowest BCUT2D eigenvalue weighted by atomic mass is 10.0. The molecule has 1 aliphatic heterocycles. The minimum absolute atomic E-state index is 0.00324. The average Bonchev–Trinajstić information content (AvgIpc) is 2.22. The molecule has 0 saturated carbocycles. The zero-order chi connectivity index (χ0) is 12.4. The van der Waals surface area contributed by atoms with Gasteiger partial charge in [0.15, 0.2) is 0 Å². The van der Waals surface area contributed by atoms with Gasteiger partial charge in [-0.05, 0) is 37.6 Å². The van der Waals surface area contributed by atoms with E-state index < -0.39 is 0 Å². The third kappa shape index (κ3) is 2.31. The molecule has 3 nitrogen and oxygen atoms in total. The van der Waals surface area contributed by atoms with Crippen molar-refractivity contribution >= 4 is 5.91 Å². The largest absolute Gasteiger partial charge is 0.333 e. The van der Waals surface area contributed by atoms with Gasteiger partial charge < -0.3 is 10.2 Å². The normalized spacial score (nSPS) is 15.5. The highest BCUT2D eigenvalue weighted by Gasteiger charge is 2.28. The van der Waals surface area contributed by atoms with Crippen LogP contribution in [0.15, 0.2) is 18.2 Å². The van der Waals surface area contributed by atoms with Crippen molar-refractivity contribution in [2.24, 2.45) is 0 Å². The Hall–Kier alpha value is -1.42. The standard InChI is InChI=1S/C13H17FN2O/c1-3-16(11-7-15-8-11)13(17)12-5-4-10(14)6-9(12)2/h4-6,11,15H,3,7-8H2,1-2H3. The van der Waals surface area contributed by atoms with Crippen LogP contribution in [-0.2, 0) is 0 Å². The third-order valence-corrected chi connectivity index (χ3v) is 3.22. The van der Waals surface area contributed by atoms with Gasteiger partial charge in [0, 0.05) is 25.2 Å². The molecule has 0 aliphatic carbocycles. The van der Waals surface area contributed by atoms with Gasteiger partial charge in [-0.1, -0.05) is 0 Å². The molecule has 1 saturated heterocycles. The minimum atomic E-state index is -0.299. The van der Waals surface area contributed by atoms with Gasteiger partial charge in [-0.2, -0.15) is 0 Å². The highest BCUT2D eigenvalue weighted by molar-refractivity contribution is 5.95. The zero-order valence-corrected chi connectivity index (χ0v) is 10.2. The Morgan fingerprint density at radius 1 is 1.53 bits per heavy atom. The van der Waals surface area contributed by atoms with Gasteiger partial charge in [-0.3, -0.25) is 4.79 Å². The molecule has 1 aliphatic rings. The molecule has 0 spiro atoms. The van der Waals surface area contributed by atoms with Crippen molar-refractivity contribution < 1.29 is 9.18 Å². The molecular formula is C13H17FN2O. The molecule has 1 aromatic rings. The summed E-state index contributed by atoms with van der Waals surface area (Å²) in [6.07, 6.45) is 0. The molecule has 1 amide bonds. The van der Waals surface area contributed by atoms with Crippen molar-refractivity contribution in [3.05, 3.63) is 35.1 Å². The molecule has 2 rings (SSSR count). The van der Waals surface area contributed by atoms with E-state index >= 15 is 0 Å². The number of carbonyl (C=O) groups is 1. The van der Waals surface area contributed by atoms with E-state index in [1.54, 1.807) is 13.0 Å². The van der Waals surface area contributed by atoms with Crippen LogP contribution in [-0.4, -0.2) is 36.5 Å².